The summed E-state index contributed by atoms with van der Waals surface area (Å²) in [5.41, 5.74) is 3.15. The summed E-state index contributed by atoms with van der Waals surface area (Å²) in [6, 6.07) is 19.3. The molecular weight excluding hydrogens is 419 g/mol. The summed E-state index contributed by atoms with van der Waals surface area (Å²) < 4.78 is 15.6. The largest absolute Gasteiger partial charge is 0.268 e. The molecule has 0 aliphatic heterocycles. The lowest BCUT2D eigenvalue weighted by molar-refractivity contribution is 0.628. The van der Waals surface area contributed by atoms with Crippen molar-refractivity contribution < 1.29 is 4.39 Å². The van der Waals surface area contributed by atoms with E-state index in [-0.39, 0.29) is 11.4 Å². The minimum Gasteiger partial charge on any atom is -0.268 e. The van der Waals surface area contributed by atoms with Gasteiger partial charge in [-0.05, 0) is 61.0 Å². The van der Waals surface area contributed by atoms with E-state index in [9.17, 15) is 9.18 Å². The Morgan fingerprint density at radius 2 is 1.68 bits per heavy atom. The Hall–Kier alpha value is -3.05. The van der Waals surface area contributed by atoms with Crippen LogP contribution in [0.1, 0.15) is 17.0 Å². The monoisotopic (exact) mass is 434 g/mol. The molecule has 0 spiro atoms. The maximum absolute atomic E-state index is 13.3. The molecule has 0 saturated carbocycles. The fourth-order valence-corrected chi connectivity index (χ4v) is 3.34. The highest BCUT2D eigenvalue weighted by Crippen LogP contribution is 2.19. The molecule has 1 aromatic heterocycles. The fraction of sp³-hybridized carbons (Fsp3) is 0.0435. The molecule has 0 saturated heterocycles. The number of halogens is 2. The maximum Gasteiger partial charge on any atom is 0.266 e. The molecule has 1 heterocycles. The summed E-state index contributed by atoms with van der Waals surface area (Å²) >= 11 is 3.42. The molecular formula is C23H16BrFN2O. The van der Waals surface area contributed by atoms with E-state index in [4.69, 9.17) is 0 Å². The quantitative estimate of drug-likeness (QED) is 0.410. The van der Waals surface area contributed by atoms with E-state index in [1.54, 1.807) is 28.8 Å². The van der Waals surface area contributed by atoms with Gasteiger partial charge in [-0.1, -0.05) is 51.8 Å². The summed E-state index contributed by atoms with van der Waals surface area (Å²) in [6.07, 6.45) is 3.59. The van der Waals surface area contributed by atoms with E-state index in [2.05, 4.69) is 20.9 Å². The maximum atomic E-state index is 13.3. The van der Waals surface area contributed by atoms with E-state index in [0.29, 0.717) is 16.7 Å². The molecule has 4 aromatic rings. The first-order valence-corrected chi connectivity index (χ1v) is 9.53. The number of fused-ring (bicyclic) bond motifs is 1. The van der Waals surface area contributed by atoms with Crippen molar-refractivity contribution in [1.29, 1.82) is 0 Å². The van der Waals surface area contributed by atoms with Crippen LogP contribution in [-0.2, 0) is 0 Å². The van der Waals surface area contributed by atoms with Crippen molar-refractivity contribution in [1.82, 2.24) is 9.55 Å². The molecule has 28 heavy (non-hydrogen) atoms. The fourth-order valence-electron chi connectivity index (χ4n) is 2.97. The van der Waals surface area contributed by atoms with Crippen LogP contribution < -0.4 is 5.56 Å². The molecule has 0 bridgehead atoms. The topological polar surface area (TPSA) is 34.9 Å². The Morgan fingerprint density at radius 3 is 2.39 bits per heavy atom. The van der Waals surface area contributed by atoms with Crippen LogP contribution >= 0.6 is 15.9 Å². The van der Waals surface area contributed by atoms with Crippen LogP contribution in [0, 0.1) is 12.7 Å². The van der Waals surface area contributed by atoms with Crippen molar-refractivity contribution in [3.8, 4) is 5.69 Å². The van der Waals surface area contributed by atoms with E-state index < -0.39 is 0 Å². The van der Waals surface area contributed by atoms with Crippen LogP contribution in [-0.4, -0.2) is 9.55 Å². The Balaban J connectivity index is 1.93. The Kier molecular flexibility index (Phi) is 4.92. The number of benzene rings is 3. The minimum atomic E-state index is -0.289. The first kappa shape index (κ1) is 18.3. The van der Waals surface area contributed by atoms with Crippen LogP contribution in [0.15, 0.2) is 76.0 Å². The lowest BCUT2D eigenvalue weighted by Gasteiger charge is -2.12. The third kappa shape index (κ3) is 3.66. The van der Waals surface area contributed by atoms with E-state index >= 15 is 0 Å². The van der Waals surface area contributed by atoms with Gasteiger partial charge in [0.15, 0.2) is 0 Å². The molecule has 5 heteroatoms. The average Bonchev–Trinajstić information content (AvgIpc) is 2.69. The lowest BCUT2D eigenvalue weighted by Crippen LogP contribution is -2.22. The minimum absolute atomic E-state index is 0.145. The molecule has 0 atom stereocenters. The molecule has 0 N–H and O–H groups in total. The number of rotatable bonds is 3. The third-order valence-corrected chi connectivity index (χ3v) is 4.94. The number of aryl methyl sites for hydroxylation is 1. The zero-order valence-corrected chi connectivity index (χ0v) is 16.7. The Morgan fingerprint density at radius 1 is 0.964 bits per heavy atom. The second-order valence-electron chi connectivity index (χ2n) is 6.49. The smallest absolute Gasteiger partial charge is 0.266 e. The summed E-state index contributed by atoms with van der Waals surface area (Å²) in [7, 11) is 0. The number of hydrogen-bond acceptors (Lipinski definition) is 2. The third-order valence-electron chi connectivity index (χ3n) is 4.44. The van der Waals surface area contributed by atoms with Gasteiger partial charge in [0, 0.05) is 4.47 Å². The van der Waals surface area contributed by atoms with Gasteiger partial charge in [0.05, 0.1) is 16.6 Å². The van der Waals surface area contributed by atoms with Gasteiger partial charge in [-0.3, -0.25) is 9.36 Å². The SMILES string of the molecule is Cc1ccc(-n2c(C=Cc3ccc(F)cc3)nc3ccc(Br)cc3c2=O)cc1. The molecule has 4 rings (SSSR count). The highest BCUT2D eigenvalue weighted by atomic mass is 79.9. The predicted molar refractivity (Wildman–Crippen MR) is 115 cm³/mol. The second-order valence-corrected chi connectivity index (χ2v) is 7.41. The van der Waals surface area contributed by atoms with E-state index in [1.165, 1.54) is 12.1 Å². The zero-order chi connectivity index (χ0) is 19.7. The summed E-state index contributed by atoms with van der Waals surface area (Å²) in [5, 5.41) is 0.536. The Labute approximate surface area is 169 Å². The first-order valence-electron chi connectivity index (χ1n) is 8.74. The van der Waals surface area contributed by atoms with Crippen molar-refractivity contribution in [2.45, 2.75) is 6.92 Å². The van der Waals surface area contributed by atoms with Crippen molar-refractivity contribution in [3.05, 3.63) is 104 Å². The number of aromatic nitrogens is 2. The van der Waals surface area contributed by atoms with Crippen LogP contribution in [0.25, 0.3) is 28.7 Å². The summed E-state index contributed by atoms with van der Waals surface area (Å²) in [6.45, 7) is 2.00. The molecule has 3 nitrogen and oxygen atoms in total. The highest BCUT2D eigenvalue weighted by Gasteiger charge is 2.11. The standard InChI is InChI=1S/C23H16BrFN2O/c1-15-2-10-19(11-3-15)27-22(13-6-16-4-8-18(25)9-5-16)26-21-12-7-17(24)14-20(21)23(27)28/h2-14H,1H3. The normalized spacial score (nSPS) is 11.4. The molecule has 0 amide bonds. The zero-order valence-electron chi connectivity index (χ0n) is 15.1. The highest BCUT2D eigenvalue weighted by molar-refractivity contribution is 9.10. The first-order chi connectivity index (χ1) is 13.5. The Bertz CT molecular complexity index is 1240. The van der Waals surface area contributed by atoms with Gasteiger partial charge in [0.25, 0.3) is 5.56 Å². The molecule has 0 aliphatic carbocycles. The molecule has 0 aliphatic rings. The van der Waals surface area contributed by atoms with Crippen LogP contribution in [0.3, 0.4) is 0 Å². The number of hydrogen-bond donors (Lipinski definition) is 0. The van der Waals surface area contributed by atoms with Crippen LogP contribution in [0.4, 0.5) is 4.39 Å². The van der Waals surface area contributed by atoms with Gasteiger partial charge in [0.2, 0.25) is 0 Å². The van der Waals surface area contributed by atoms with Gasteiger partial charge < -0.3 is 0 Å². The van der Waals surface area contributed by atoms with Crippen molar-refractivity contribution >= 4 is 39.0 Å². The lowest BCUT2D eigenvalue weighted by atomic mass is 10.2. The van der Waals surface area contributed by atoms with Crippen molar-refractivity contribution in [2.24, 2.45) is 0 Å². The van der Waals surface area contributed by atoms with E-state index in [1.807, 2.05) is 49.4 Å². The average molecular weight is 435 g/mol. The van der Waals surface area contributed by atoms with Crippen molar-refractivity contribution in [2.75, 3.05) is 0 Å². The predicted octanol–water partition coefficient (Wildman–Crippen LogP) is 5.77. The molecule has 0 fully saturated rings. The summed E-state index contributed by atoms with van der Waals surface area (Å²) in [5.74, 6) is 0.219. The molecule has 138 valence electrons. The van der Waals surface area contributed by atoms with Gasteiger partial charge >= 0.3 is 0 Å². The van der Waals surface area contributed by atoms with Crippen LogP contribution in [0.2, 0.25) is 0 Å². The van der Waals surface area contributed by atoms with Gasteiger partial charge in [0.1, 0.15) is 11.6 Å². The van der Waals surface area contributed by atoms with Gasteiger partial charge in [-0.2, -0.15) is 0 Å². The van der Waals surface area contributed by atoms with Crippen molar-refractivity contribution in [3.63, 3.8) is 0 Å². The second kappa shape index (κ2) is 7.52. The van der Waals surface area contributed by atoms with Crippen LogP contribution in [0.5, 0.6) is 0 Å². The number of nitrogens with zero attached hydrogens (tertiary/aromatic N) is 2. The van der Waals surface area contributed by atoms with E-state index in [0.717, 1.165) is 21.3 Å². The molecule has 0 radical (unpaired) electrons. The van der Waals surface area contributed by atoms with Gasteiger partial charge in [-0.25, -0.2) is 9.37 Å². The molecule has 0 unspecified atom stereocenters. The molecule has 3 aromatic carbocycles. The summed E-state index contributed by atoms with van der Waals surface area (Å²) in [4.78, 5) is 18.0. The van der Waals surface area contributed by atoms with Gasteiger partial charge in [-0.15, -0.1) is 0 Å².